The minimum Gasteiger partial charge on any atom is -0.392 e. The lowest BCUT2D eigenvalue weighted by atomic mass is 9.76. The molecule has 192 valence electrons. The number of aliphatic hydroxyl groups excluding tert-OH is 1. The zero-order valence-electron chi connectivity index (χ0n) is 19.3. The van der Waals surface area contributed by atoms with E-state index in [2.05, 4.69) is 15.5 Å². The van der Waals surface area contributed by atoms with Crippen molar-refractivity contribution in [3.63, 3.8) is 0 Å². The Labute approximate surface area is 194 Å². The summed E-state index contributed by atoms with van der Waals surface area (Å²) in [5, 5.41) is 17.1. The number of carbonyl (C=O) groups excluding carboxylic acids is 1. The van der Waals surface area contributed by atoms with E-state index in [0.717, 1.165) is 0 Å². The van der Waals surface area contributed by atoms with Crippen molar-refractivity contribution in [2.75, 3.05) is 19.6 Å². The second-order valence-electron chi connectivity index (χ2n) is 10.7. The summed E-state index contributed by atoms with van der Waals surface area (Å²) < 4.78 is 74.8. The molecular formula is C22H31F5N4O3. The van der Waals surface area contributed by atoms with Gasteiger partial charge in [-0.2, -0.15) is 18.2 Å². The van der Waals surface area contributed by atoms with Gasteiger partial charge in [-0.15, -0.1) is 0 Å². The molecule has 4 rings (SSSR count). The van der Waals surface area contributed by atoms with Crippen molar-refractivity contribution in [3.05, 3.63) is 11.7 Å². The van der Waals surface area contributed by atoms with Crippen LogP contribution < -0.4 is 5.32 Å². The first-order valence-corrected chi connectivity index (χ1v) is 11.7. The molecule has 0 unspecified atom stereocenters. The van der Waals surface area contributed by atoms with Crippen LogP contribution in [0, 0.1) is 5.41 Å². The first kappa shape index (κ1) is 25.3. The maximum Gasteiger partial charge on any atom is 0.403 e. The van der Waals surface area contributed by atoms with Gasteiger partial charge in [0, 0.05) is 43.8 Å². The summed E-state index contributed by atoms with van der Waals surface area (Å²) in [6.07, 6.45) is -6.60. The van der Waals surface area contributed by atoms with E-state index in [4.69, 9.17) is 4.52 Å². The van der Waals surface area contributed by atoms with Crippen LogP contribution in [0.2, 0.25) is 0 Å². The summed E-state index contributed by atoms with van der Waals surface area (Å²) in [5.74, 6) is -4.09. The number of alkyl halides is 5. The van der Waals surface area contributed by atoms with Crippen LogP contribution in [0.15, 0.2) is 4.52 Å². The zero-order chi connectivity index (χ0) is 24.9. The van der Waals surface area contributed by atoms with Gasteiger partial charge < -0.3 is 19.8 Å². The van der Waals surface area contributed by atoms with Crippen molar-refractivity contribution in [1.29, 1.82) is 0 Å². The molecule has 1 aromatic rings. The molecule has 34 heavy (non-hydrogen) atoms. The molecule has 1 aromatic heterocycles. The average Bonchev–Trinajstić information content (AvgIpc) is 3.25. The lowest BCUT2D eigenvalue weighted by molar-refractivity contribution is -0.210. The molecule has 2 N–H and O–H groups in total. The second-order valence-corrected chi connectivity index (χ2v) is 10.7. The Kier molecular flexibility index (Phi) is 6.46. The highest BCUT2D eigenvalue weighted by Crippen LogP contribution is 2.49. The highest BCUT2D eigenvalue weighted by Gasteiger charge is 2.61. The highest BCUT2D eigenvalue weighted by molar-refractivity contribution is 5.82. The molecule has 12 heteroatoms. The van der Waals surface area contributed by atoms with Gasteiger partial charge in [0.2, 0.25) is 17.7 Å². The Hall–Kier alpha value is -1.82. The van der Waals surface area contributed by atoms with Gasteiger partial charge in [-0.25, -0.2) is 8.78 Å². The standard InChI is InChI=1S/C22H31F5N4O3/c1-19(2)12-28-14(11-15(19)32)17(33)31-9-7-20(8-10-31,22(25,26)27)18-29-16(30-34-18)13-3-5-21(23,24)6-4-13/h13-15,28,32H,3-12H2,1-2H3/t14-,15+/m0/s1. The summed E-state index contributed by atoms with van der Waals surface area (Å²) in [5.41, 5.74) is -2.79. The van der Waals surface area contributed by atoms with Crippen LogP contribution in [0.25, 0.3) is 0 Å². The van der Waals surface area contributed by atoms with E-state index in [1.807, 2.05) is 13.8 Å². The van der Waals surface area contributed by atoms with Crippen molar-refractivity contribution in [3.8, 4) is 0 Å². The summed E-state index contributed by atoms with van der Waals surface area (Å²) >= 11 is 0. The number of nitrogens with zero attached hydrogens (tertiary/aromatic N) is 3. The van der Waals surface area contributed by atoms with Crippen molar-refractivity contribution >= 4 is 5.91 Å². The highest BCUT2D eigenvalue weighted by atomic mass is 19.4. The topological polar surface area (TPSA) is 91.5 Å². The Morgan fingerprint density at radius 3 is 2.32 bits per heavy atom. The van der Waals surface area contributed by atoms with Crippen LogP contribution in [0.5, 0.6) is 0 Å². The van der Waals surface area contributed by atoms with Gasteiger partial charge in [0.1, 0.15) is 5.41 Å². The number of rotatable bonds is 3. The van der Waals surface area contributed by atoms with E-state index < -0.39 is 59.7 Å². The third kappa shape index (κ3) is 4.67. The third-order valence-corrected chi connectivity index (χ3v) is 7.87. The van der Waals surface area contributed by atoms with E-state index in [1.54, 1.807) is 0 Å². The van der Waals surface area contributed by atoms with Crippen LogP contribution in [-0.4, -0.2) is 69.9 Å². The Balaban J connectivity index is 1.45. The van der Waals surface area contributed by atoms with E-state index in [0.29, 0.717) is 6.54 Å². The number of likely N-dealkylation sites (tertiary alicyclic amines) is 1. The van der Waals surface area contributed by atoms with E-state index in [9.17, 15) is 31.9 Å². The molecule has 2 aliphatic heterocycles. The van der Waals surface area contributed by atoms with Crippen LogP contribution in [0.4, 0.5) is 22.0 Å². The molecule has 7 nitrogen and oxygen atoms in total. The van der Waals surface area contributed by atoms with Gasteiger partial charge in [0.15, 0.2) is 5.82 Å². The molecule has 0 radical (unpaired) electrons. The monoisotopic (exact) mass is 494 g/mol. The number of piperidine rings is 2. The van der Waals surface area contributed by atoms with Crippen LogP contribution in [0.1, 0.15) is 76.4 Å². The summed E-state index contributed by atoms with van der Waals surface area (Å²) in [4.78, 5) is 18.3. The predicted molar refractivity (Wildman–Crippen MR) is 110 cm³/mol. The molecule has 0 spiro atoms. The molecule has 0 aromatic carbocycles. The van der Waals surface area contributed by atoms with Gasteiger partial charge >= 0.3 is 6.18 Å². The molecule has 1 amide bonds. The number of nitrogens with one attached hydrogen (secondary N) is 1. The number of carbonyl (C=O) groups is 1. The fraction of sp³-hybridized carbons (Fsp3) is 0.864. The number of hydrogen-bond donors (Lipinski definition) is 2. The third-order valence-electron chi connectivity index (χ3n) is 7.87. The van der Waals surface area contributed by atoms with Gasteiger partial charge in [0.05, 0.1) is 12.1 Å². The summed E-state index contributed by atoms with van der Waals surface area (Å²) in [6.45, 7) is 3.87. The van der Waals surface area contributed by atoms with Crippen molar-refractivity contribution < 1.29 is 36.4 Å². The predicted octanol–water partition coefficient (Wildman–Crippen LogP) is 3.53. The lowest BCUT2D eigenvalue weighted by Gasteiger charge is -2.44. The van der Waals surface area contributed by atoms with E-state index in [1.165, 1.54) is 4.90 Å². The molecule has 3 aliphatic rings. The molecule has 3 heterocycles. The van der Waals surface area contributed by atoms with Crippen molar-refractivity contribution in [1.82, 2.24) is 20.4 Å². The van der Waals surface area contributed by atoms with Crippen LogP contribution >= 0.6 is 0 Å². The average molecular weight is 495 g/mol. The number of aromatic nitrogens is 2. The van der Waals surface area contributed by atoms with Crippen LogP contribution in [-0.2, 0) is 10.2 Å². The van der Waals surface area contributed by atoms with Crippen LogP contribution in [0.3, 0.4) is 0 Å². The number of hydrogen-bond acceptors (Lipinski definition) is 6. The normalized spacial score (nSPS) is 29.7. The molecule has 1 aliphatic carbocycles. The molecular weight excluding hydrogens is 463 g/mol. The quantitative estimate of drug-likeness (QED) is 0.625. The number of amides is 1. The van der Waals surface area contributed by atoms with Gasteiger partial charge in [-0.05, 0) is 32.1 Å². The SMILES string of the molecule is CC1(C)CN[C@H](C(=O)N2CCC(c3nc(C4CCC(F)(F)CC4)no3)(C(F)(F)F)CC2)C[C@H]1O. The second kappa shape index (κ2) is 8.69. The molecule has 3 fully saturated rings. The van der Waals surface area contributed by atoms with Crippen molar-refractivity contribution in [2.45, 2.75) is 94.4 Å². The van der Waals surface area contributed by atoms with Gasteiger partial charge in [-0.1, -0.05) is 19.0 Å². The van der Waals surface area contributed by atoms with E-state index >= 15 is 0 Å². The Bertz CT molecular complexity index is 885. The molecule has 2 atom stereocenters. The molecule has 0 bridgehead atoms. The first-order chi connectivity index (χ1) is 15.7. The number of aliphatic hydroxyl groups is 1. The maximum atomic E-state index is 14.3. The minimum atomic E-state index is -4.69. The van der Waals surface area contributed by atoms with Gasteiger partial charge in [0.25, 0.3) is 0 Å². The number of halogens is 5. The summed E-state index contributed by atoms with van der Waals surface area (Å²) in [7, 11) is 0. The van der Waals surface area contributed by atoms with Crippen molar-refractivity contribution in [2.24, 2.45) is 5.41 Å². The fourth-order valence-corrected chi connectivity index (χ4v) is 5.16. The minimum absolute atomic E-state index is 0.0376. The Morgan fingerprint density at radius 2 is 1.76 bits per heavy atom. The lowest BCUT2D eigenvalue weighted by Crippen LogP contribution is -2.60. The molecule has 1 saturated carbocycles. The maximum absolute atomic E-state index is 14.3. The fourth-order valence-electron chi connectivity index (χ4n) is 5.16. The summed E-state index contributed by atoms with van der Waals surface area (Å²) in [6, 6.07) is -0.652. The molecule has 2 saturated heterocycles. The largest absolute Gasteiger partial charge is 0.403 e. The van der Waals surface area contributed by atoms with E-state index in [-0.39, 0.29) is 56.9 Å². The first-order valence-electron chi connectivity index (χ1n) is 11.7. The van der Waals surface area contributed by atoms with Gasteiger partial charge in [-0.3, -0.25) is 4.79 Å². The smallest absolute Gasteiger partial charge is 0.392 e. The Morgan fingerprint density at radius 1 is 1.15 bits per heavy atom. The zero-order valence-corrected chi connectivity index (χ0v) is 19.3.